The summed E-state index contributed by atoms with van der Waals surface area (Å²) in [6.07, 6.45) is 3.28. The van der Waals surface area contributed by atoms with Gasteiger partial charge in [0.05, 0.1) is 7.11 Å². The molecule has 160 valence electrons. The number of carbonyl (C=O) groups excluding carboxylic acids is 1. The van der Waals surface area contributed by atoms with E-state index in [9.17, 15) is 4.79 Å². The highest BCUT2D eigenvalue weighted by Crippen LogP contribution is 2.22. The fraction of sp³-hybridized carbons (Fsp3) is 0.0870. The minimum atomic E-state index is -0.299. The first-order valence-electron chi connectivity index (χ1n) is 9.82. The van der Waals surface area contributed by atoms with Gasteiger partial charge in [-0.05, 0) is 55.5 Å². The van der Waals surface area contributed by atoms with Gasteiger partial charge < -0.3 is 20.7 Å². The summed E-state index contributed by atoms with van der Waals surface area (Å²) >= 11 is 0. The Morgan fingerprint density at radius 1 is 0.812 bits per heavy atom. The minimum absolute atomic E-state index is 0.275. The molecular formula is C23H21N7O2. The van der Waals surface area contributed by atoms with E-state index in [1.54, 1.807) is 42.7 Å². The molecular weight excluding hydrogens is 406 g/mol. The van der Waals surface area contributed by atoms with Crippen molar-refractivity contribution in [2.24, 2.45) is 0 Å². The van der Waals surface area contributed by atoms with Crippen molar-refractivity contribution in [1.82, 2.24) is 19.9 Å². The van der Waals surface area contributed by atoms with E-state index >= 15 is 0 Å². The number of nitrogens with one attached hydrogen (secondary N) is 3. The molecule has 1 aromatic carbocycles. The maximum Gasteiger partial charge on any atom is 0.261 e. The first-order valence-corrected chi connectivity index (χ1v) is 9.82. The molecule has 3 N–H and O–H groups in total. The van der Waals surface area contributed by atoms with Crippen LogP contribution in [0, 0.1) is 6.92 Å². The van der Waals surface area contributed by atoms with Crippen molar-refractivity contribution in [3.05, 3.63) is 84.4 Å². The summed E-state index contributed by atoms with van der Waals surface area (Å²) < 4.78 is 5.14. The standard InChI is InChI=1S/C23H21N7O2/c1-15-26-20(14-21(27-15)30-19-7-3-4-12-24-19)28-16-8-10-17(11-9-16)29-22(31)18-6-5-13-25-23(18)32-2/h3-14H,1-2H3,(H,29,31)(H2,24,26,27,28,30). The van der Waals surface area contributed by atoms with Crippen LogP contribution in [0.25, 0.3) is 0 Å². The second-order valence-electron chi connectivity index (χ2n) is 6.74. The van der Waals surface area contributed by atoms with Crippen LogP contribution in [0.1, 0.15) is 16.2 Å². The number of amides is 1. The molecule has 4 aromatic rings. The number of ether oxygens (including phenoxy) is 1. The molecule has 1 amide bonds. The van der Waals surface area contributed by atoms with Gasteiger partial charge in [-0.25, -0.2) is 19.9 Å². The zero-order chi connectivity index (χ0) is 22.3. The topological polar surface area (TPSA) is 114 Å². The van der Waals surface area contributed by atoms with Crippen molar-refractivity contribution in [3.8, 4) is 5.88 Å². The van der Waals surface area contributed by atoms with Crippen LogP contribution in [0.2, 0.25) is 0 Å². The van der Waals surface area contributed by atoms with Crippen molar-refractivity contribution in [2.75, 3.05) is 23.1 Å². The predicted octanol–water partition coefficient (Wildman–Crippen LogP) is 4.32. The summed E-state index contributed by atoms with van der Waals surface area (Å²) in [5.74, 6) is 2.55. The van der Waals surface area contributed by atoms with Crippen LogP contribution in [0.15, 0.2) is 73.1 Å². The Hall–Kier alpha value is -4.53. The molecule has 4 rings (SSSR count). The van der Waals surface area contributed by atoms with Gasteiger partial charge in [0, 0.05) is 29.8 Å². The second-order valence-corrected chi connectivity index (χ2v) is 6.74. The molecule has 0 aliphatic heterocycles. The Labute approximate surface area is 185 Å². The smallest absolute Gasteiger partial charge is 0.261 e. The van der Waals surface area contributed by atoms with E-state index < -0.39 is 0 Å². The van der Waals surface area contributed by atoms with Gasteiger partial charge >= 0.3 is 0 Å². The lowest BCUT2D eigenvalue weighted by molar-refractivity contribution is 0.102. The molecule has 0 spiro atoms. The van der Waals surface area contributed by atoms with E-state index in [1.807, 2.05) is 37.3 Å². The average Bonchev–Trinajstić information content (AvgIpc) is 2.80. The highest BCUT2D eigenvalue weighted by molar-refractivity contribution is 6.05. The van der Waals surface area contributed by atoms with Crippen molar-refractivity contribution in [1.29, 1.82) is 0 Å². The molecule has 0 aliphatic rings. The second kappa shape index (κ2) is 9.52. The van der Waals surface area contributed by atoms with Gasteiger partial charge in [-0.15, -0.1) is 0 Å². The number of aromatic nitrogens is 4. The van der Waals surface area contributed by atoms with Gasteiger partial charge in [-0.2, -0.15) is 0 Å². The average molecular weight is 427 g/mol. The quantitative estimate of drug-likeness (QED) is 0.399. The van der Waals surface area contributed by atoms with Gasteiger partial charge in [0.15, 0.2) is 0 Å². The minimum Gasteiger partial charge on any atom is -0.480 e. The Morgan fingerprint density at radius 2 is 1.53 bits per heavy atom. The Kier molecular flexibility index (Phi) is 6.17. The van der Waals surface area contributed by atoms with Gasteiger partial charge in [-0.3, -0.25) is 4.79 Å². The van der Waals surface area contributed by atoms with Gasteiger partial charge in [0.2, 0.25) is 5.88 Å². The fourth-order valence-corrected chi connectivity index (χ4v) is 2.97. The Balaban J connectivity index is 1.44. The van der Waals surface area contributed by atoms with E-state index in [2.05, 4.69) is 35.9 Å². The number of anilines is 5. The van der Waals surface area contributed by atoms with Crippen molar-refractivity contribution in [3.63, 3.8) is 0 Å². The maximum atomic E-state index is 12.5. The zero-order valence-corrected chi connectivity index (χ0v) is 17.5. The number of benzene rings is 1. The molecule has 0 radical (unpaired) electrons. The number of carbonyl (C=O) groups is 1. The zero-order valence-electron chi connectivity index (χ0n) is 17.5. The summed E-state index contributed by atoms with van der Waals surface area (Å²) in [7, 11) is 1.48. The highest BCUT2D eigenvalue weighted by atomic mass is 16.5. The van der Waals surface area contributed by atoms with Gasteiger partial charge in [-0.1, -0.05) is 6.07 Å². The van der Waals surface area contributed by atoms with E-state index in [1.165, 1.54) is 7.11 Å². The largest absolute Gasteiger partial charge is 0.480 e. The van der Waals surface area contributed by atoms with Gasteiger partial charge in [0.25, 0.3) is 5.91 Å². The molecule has 0 bridgehead atoms. The van der Waals surface area contributed by atoms with Crippen LogP contribution in [0.3, 0.4) is 0 Å². The van der Waals surface area contributed by atoms with Crippen LogP contribution in [0.5, 0.6) is 5.88 Å². The predicted molar refractivity (Wildman–Crippen MR) is 123 cm³/mol. The Morgan fingerprint density at radius 3 is 2.25 bits per heavy atom. The molecule has 0 unspecified atom stereocenters. The van der Waals surface area contributed by atoms with Crippen LogP contribution in [-0.4, -0.2) is 33.0 Å². The summed E-state index contributed by atoms with van der Waals surface area (Å²) in [5.41, 5.74) is 1.81. The molecule has 3 aromatic heterocycles. The fourth-order valence-electron chi connectivity index (χ4n) is 2.97. The van der Waals surface area contributed by atoms with E-state index in [4.69, 9.17) is 4.74 Å². The van der Waals surface area contributed by atoms with Crippen LogP contribution >= 0.6 is 0 Å². The first-order chi connectivity index (χ1) is 15.6. The third kappa shape index (κ3) is 5.14. The number of nitrogens with zero attached hydrogens (tertiary/aromatic N) is 4. The number of pyridine rings is 2. The lowest BCUT2D eigenvalue weighted by atomic mass is 10.2. The van der Waals surface area contributed by atoms with Crippen LogP contribution in [0.4, 0.5) is 28.8 Å². The number of hydrogen-bond donors (Lipinski definition) is 3. The third-order valence-electron chi connectivity index (χ3n) is 4.38. The summed E-state index contributed by atoms with van der Waals surface area (Å²) in [6.45, 7) is 1.82. The molecule has 9 nitrogen and oxygen atoms in total. The summed E-state index contributed by atoms with van der Waals surface area (Å²) in [5, 5.41) is 9.25. The molecule has 0 fully saturated rings. The normalized spacial score (nSPS) is 10.3. The number of rotatable bonds is 7. The van der Waals surface area contributed by atoms with E-state index in [0.29, 0.717) is 34.5 Å². The van der Waals surface area contributed by atoms with Crippen LogP contribution < -0.4 is 20.7 Å². The summed E-state index contributed by atoms with van der Waals surface area (Å²) in [4.78, 5) is 29.6. The molecule has 9 heteroatoms. The Bertz CT molecular complexity index is 1210. The summed E-state index contributed by atoms with van der Waals surface area (Å²) in [6, 6.07) is 18.0. The third-order valence-corrected chi connectivity index (χ3v) is 4.38. The molecule has 0 aliphatic carbocycles. The van der Waals surface area contributed by atoms with Crippen LogP contribution in [-0.2, 0) is 0 Å². The highest BCUT2D eigenvalue weighted by Gasteiger charge is 2.13. The molecule has 0 saturated heterocycles. The van der Waals surface area contributed by atoms with Crippen molar-refractivity contribution < 1.29 is 9.53 Å². The van der Waals surface area contributed by atoms with E-state index in [0.717, 1.165) is 5.69 Å². The van der Waals surface area contributed by atoms with E-state index in [-0.39, 0.29) is 11.8 Å². The molecule has 3 heterocycles. The molecule has 0 atom stereocenters. The van der Waals surface area contributed by atoms with Crippen molar-refractivity contribution in [2.45, 2.75) is 6.92 Å². The lowest BCUT2D eigenvalue weighted by Crippen LogP contribution is -2.13. The number of hydrogen-bond acceptors (Lipinski definition) is 8. The SMILES string of the molecule is COc1ncccc1C(=O)Nc1ccc(Nc2cc(Nc3ccccn3)nc(C)n2)cc1. The van der Waals surface area contributed by atoms with Gasteiger partial charge in [0.1, 0.15) is 28.8 Å². The maximum absolute atomic E-state index is 12.5. The first kappa shape index (κ1) is 20.7. The number of methoxy groups -OCH3 is 1. The molecule has 0 saturated carbocycles. The number of aryl methyl sites for hydroxylation is 1. The van der Waals surface area contributed by atoms with Crippen molar-refractivity contribution >= 4 is 34.7 Å². The lowest BCUT2D eigenvalue weighted by Gasteiger charge is -2.11. The molecule has 32 heavy (non-hydrogen) atoms. The monoisotopic (exact) mass is 427 g/mol.